The number of nitrogens with zero attached hydrogens (tertiary/aromatic N) is 5. The highest BCUT2D eigenvalue weighted by Gasteiger charge is 2.18. The van der Waals surface area contributed by atoms with Crippen LogP contribution in [0.3, 0.4) is 0 Å². The van der Waals surface area contributed by atoms with Gasteiger partial charge in [-0.25, -0.2) is 0 Å². The zero-order valence-electron chi connectivity index (χ0n) is 16.5. The smallest absolute Gasteiger partial charge is 0.276 e. The summed E-state index contributed by atoms with van der Waals surface area (Å²) in [5, 5.41) is 11.7. The van der Waals surface area contributed by atoms with Crippen LogP contribution >= 0.6 is 11.3 Å². The summed E-state index contributed by atoms with van der Waals surface area (Å²) in [5.74, 6) is 0.540. The summed E-state index contributed by atoms with van der Waals surface area (Å²) in [4.78, 5) is 35.4. The van der Waals surface area contributed by atoms with Crippen LogP contribution in [0.5, 0.6) is 0 Å². The lowest BCUT2D eigenvalue weighted by molar-refractivity contribution is 0.102. The van der Waals surface area contributed by atoms with E-state index < -0.39 is 0 Å². The molecule has 3 aromatic heterocycles. The lowest BCUT2D eigenvalue weighted by atomic mass is 10.2. The van der Waals surface area contributed by atoms with Crippen molar-refractivity contribution in [1.29, 1.82) is 0 Å². The van der Waals surface area contributed by atoms with Gasteiger partial charge in [0.25, 0.3) is 11.5 Å². The Balaban J connectivity index is 1.48. The second-order valence-electron chi connectivity index (χ2n) is 7.06. The number of aromatic nitrogens is 4. The summed E-state index contributed by atoms with van der Waals surface area (Å²) in [6.07, 6.45) is 3.16. The lowest BCUT2D eigenvalue weighted by Gasteiger charge is -2.28. The van der Waals surface area contributed by atoms with Gasteiger partial charge in [0.2, 0.25) is 4.96 Å². The fourth-order valence-corrected chi connectivity index (χ4v) is 4.37. The van der Waals surface area contributed by atoms with Crippen LogP contribution < -0.4 is 21.1 Å². The Labute approximate surface area is 181 Å². The first kappa shape index (κ1) is 19.3. The molecule has 1 aromatic carbocycles. The molecular weight excluding hydrogens is 414 g/mol. The lowest BCUT2D eigenvalue weighted by Crippen LogP contribution is -2.44. The molecule has 156 valence electrons. The third-order valence-corrected chi connectivity index (χ3v) is 5.94. The number of carbonyl (C=O) groups is 1. The highest BCUT2D eigenvalue weighted by Crippen LogP contribution is 2.29. The normalized spacial score (nSPS) is 14.0. The van der Waals surface area contributed by atoms with Gasteiger partial charge in [-0.1, -0.05) is 23.5 Å². The average Bonchev–Trinajstić information content (AvgIpc) is 3.24. The molecule has 9 nitrogen and oxygen atoms in total. The largest absolute Gasteiger partial charge is 0.354 e. The fraction of sp³-hybridized carbons (Fsp3) is 0.190. The van der Waals surface area contributed by atoms with E-state index in [-0.39, 0.29) is 11.5 Å². The zero-order chi connectivity index (χ0) is 21.2. The van der Waals surface area contributed by atoms with Crippen LogP contribution in [0.2, 0.25) is 0 Å². The number of fused-ring (bicyclic) bond motifs is 1. The van der Waals surface area contributed by atoms with Gasteiger partial charge in [-0.15, -0.1) is 0 Å². The van der Waals surface area contributed by atoms with Gasteiger partial charge >= 0.3 is 0 Å². The quantitative estimate of drug-likeness (QED) is 0.506. The Morgan fingerprint density at radius 2 is 1.90 bits per heavy atom. The van der Waals surface area contributed by atoms with Crippen LogP contribution in [-0.2, 0) is 0 Å². The summed E-state index contributed by atoms with van der Waals surface area (Å²) in [5.41, 5.74) is 1.75. The molecule has 4 heterocycles. The van der Waals surface area contributed by atoms with E-state index in [4.69, 9.17) is 5.10 Å². The van der Waals surface area contributed by atoms with E-state index in [0.717, 1.165) is 42.6 Å². The summed E-state index contributed by atoms with van der Waals surface area (Å²) >= 11 is 1.34. The van der Waals surface area contributed by atoms with Crippen LogP contribution in [0.4, 0.5) is 11.5 Å². The first-order valence-electron chi connectivity index (χ1n) is 9.86. The van der Waals surface area contributed by atoms with Crippen molar-refractivity contribution in [2.75, 3.05) is 36.4 Å². The van der Waals surface area contributed by atoms with Gasteiger partial charge in [-0.3, -0.25) is 14.6 Å². The molecule has 5 rings (SSSR count). The highest BCUT2D eigenvalue weighted by molar-refractivity contribution is 7.19. The van der Waals surface area contributed by atoms with Gasteiger partial charge in [0.15, 0.2) is 0 Å². The van der Waals surface area contributed by atoms with E-state index in [9.17, 15) is 9.59 Å². The van der Waals surface area contributed by atoms with Crippen LogP contribution in [0.1, 0.15) is 10.4 Å². The topological polar surface area (TPSA) is 105 Å². The maximum atomic E-state index is 12.4. The maximum Gasteiger partial charge on any atom is 0.276 e. The number of hydrogen-bond donors (Lipinski definition) is 2. The minimum atomic E-state index is -0.276. The number of pyridine rings is 1. The number of benzene rings is 1. The number of anilines is 2. The Hall–Kier alpha value is -3.63. The molecule has 1 aliphatic heterocycles. The molecule has 1 fully saturated rings. The standard InChI is InChI=1S/C21H19N7O2S/c29-17-13-18(27-10-8-23-9-11-27)28-21(25-17)31-20(26-28)15-2-1-3-16(12-15)24-19(30)14-4-6-22-7-5-14/h1-7,12-13,23H,8-11H2,(H,24,30). The Bertz CT molecular complexity index is 1300. The van der Waals surface area contributed by atoms with Crippen molar-refractivity contribution in [2.45, 2.75) is 0 Å². The van der Waals surface area contributed by atoms with Crippen LogP contribution in [0.15, 0.2) is 59.7 Å². The van der Waals surface area contributed by atoms with Crippen molar-refractivity contribution in [3.63, 3.8) is 0 Å². The first-order valence-corrected chi connectivity index (χ1v) is 10.7. The molecular formula is C21H19N7O2S. The molecule has 1 saturated heterocycles. The van der Waals surface area contributed by atoms with Crippen molar-refractivity contribution >= 4 is 33.7 Å². The van der Waals surface area contributed by atoms with E-state index >= 15 is 0 Å². The molecule has 0 atom stereocenters. The fourth-order valence-electron chi connectivity index (χ4n) is 3.47. The monoisotopic (exact) mass is 433 g/mol. The van der Waals surface area contributed by atoms with Crippen LogP contribution in [-0.4, -0.2) is 51.7 Å². The molecule has 2 N–H and O–H groups in total. The van der Waals surface area contributed by atoms with E-state index in [0.29, 0.717) is 16.2 Å². The number of hydrogen-bond acceptors (Lipinski definition) is 8. The first-order chi connectivity index (χ1) is 15.2. The molecule has 0 saturated carbocycles. The number of carbonyl (C=O) groups excluding carboxylic acids is 1. The Morgan fingerprint density at radius 1 is 1.10 bits per heavy atom. The van der Waals surface area contributed by atoms with E-state index in [1.54, 1.807) is 29.0 Å². The summed E-state index contributed by atoms with van der Waals surface area (Å²) in [6, 6.07) is 12.3. The van der Waals surface area contributed by atoms with Crippen molar-refractivity contribution in [2.24, 2.45) is 0 Å². The molecule has 0 aliphatic carbocycles. The van der Waals surface area contributed by atoms with E-state index in [1.807, 2.05) is 24.3 Å². The van der Waals surface area contributed by atoms with Gasteiger partial charge in [0.05, 0.1) is 0 Å². The second-order valence-corrected chi connectivity index (χ2v) is 8.02. The molecule has 1 amide bonds. The molecule has 10 heteroatoms. The van der Waals surface area contributed by atoms with E-state index in [2.05, 4.69) is 25.5 Å². The molecule has 0 unspecified atom stereocenters. The molecule has 4 aromatic rings. The summed E-state index contributed by atoms with van der Waals surface area (Å²) < 4.78 is 1.73. The average molecular weight is 433 g/mol. The molecule has 0 bridgehead atoms. The van der Waals surface area contributed by atoms with E-state index in [1.165, 1.54) is 17.4 Å². The molecule has 31 heavy (non-hydrogen) atoms. The molecule has 0 radical (unpaired) electrons. The minimum Gasteiger partial charge on any atom is -0.354 e. The summed E-state index contributed by atoms with van der Waals surface area (Å²) in [7, 11) is 0. The third kappa shape index (κ3) is 4.03. The van der Waals surface area contributed by atoms with Gasteiger partial charge in [-0.2, -0.15) is 14.6 Å². The predicted octanol–water partition coefficient (Wildman–Crippen LogP) is 1.87. The molecule has 1 aliphatic rings. The Kier molecular flexibility index (Phi) is 5.14. The summed E-state index contributed by atoms with van der Waals surface area (Å²) in [6.45, 7) is 3.31. The number of piperazine rings is 1. The van der Waals surface area contributed by atoms with Gasteiger partial charge < -0.3 is 15.5 Å². The van der Waals surface area contributed by atoms with Crippen LogP contribution in [0, 0.1) is 0 Å². The van der Waals surface area contributed by atoms with Gasteiger partial charge in [0, 0.05) is 61.5 Å². The maximum absolute atomic E-state index is 12.4. The van der Waals surface area contributed by atoms with Crippen molar-refractivity contribution < 1.29 is 4.79 Å². The van der Waals surface area contributed by atoms with Crippen molar-refractivity contribution in [3.05, 3.63) is 70.8 Å². The Morgan fingerprint density at radius 3 is 2.71 bits per heavy atom. The SMILES string of the molecule is O=C(Nc1cccc(-c2nn3c(N4CCNCC4)cc(=O)nc3s2)c1)c1ccncc1. The third-order valence-electron chi connectivity index (χ3n) is 4.99. The van der Waals surface area contributed by atoms with Gasteiger partial charge in [-0.05, 0) is 24.3 Å². The van der Waals surface area contributed by atoms with Crippen LogP contribution in [0.25, 0.3) is 15.5 Å². The number of amides is 1. The van der Waals surface area contributed by atoms with Crippen molar-refractivity contribution in [3.8, 4) is 10.6 Å². The molecule has 0 spiro atoms. The van der Waals surface area contributed by atoms with Gasteiger partial charge in [0.1, 0.15) is 10.8 Å². The van der Waals surface area contributed by atoms with Crippen molar-refractivity contribution in [1.82, 2.24) is 24.9 Å². The second kappa shape index (κ2) is 8.25. The zero-order valence-corrected chi connectivity index (χ0v) is 17.3. The number of rotatable bonds is 4. The number of nitrogens with one attached hydrogen (secondary N) is 2. The predicted molar refractivity (Wildman–Crippen MR) is 120 cm³/mol. The minimum absolute atomic E-state index is 0.211. The highest BCUT2D eigenvalue weighted by atomic mass is 32.1.